The van der Waals surface area contributed by atoms with Crippen molar-refractivity contribution >= 4 is 29.2 Å². The second kappa shape index (κ2) is 11.5. The van der Waals surface area contributed by atoms with E-state index in [1.807, 2.05) is 45.0 Å². The summed E-state index contributed by atoms with van der Waals surface area (Å²) >= 11 is 0. The lowest BCUT2D eigenvalue weighted by molar-refractivity contribution is -0.121. The molecule has 8 heteroatoms. The summed E-state index contributed by atoms with van der Waals surface area (Å²) < 4.78 is 5.39. The van der Waals surface area contributed by atoms with Gasteiger partial charge in [-0.05, 0) is 68.7 Å². The summed E-state index contributed by atoms with van der Waals surface area (Å²) in [5, 5.41) is 4.41. The molecule has 2 rings (SSSR count). The number of hydrogen-bond acceptors (Lipinski definition) is 6. The Morgan fingerprint density at radius 2 is 1.57 bits per heavy atom. The van der Waals surface area contributed by atoms with Gasteiger partial charge in [-0.1, -0.05) is 32.9 Å². The minimum atomic E-state index is -0.603. The quantitative estimate of drug-likeness (QED) is 0.257. The molecule has 0 fully saturated rings. The molecule has 0 saturated carbocycles. The van der Waals surface area contributed by atoms with E-state index in [1.165, 1.54) is 0 Å². The first-order valence-electron chi connectivity index (χ1n) is 11.8. The van der Waals surface area contributed by atoms with Crippen molar-refractivity contribution in [3.8, 4) is 0 Å². The first kappa shape index (κ1) is 28.0. The molecule has 0 radical (unpaired) electrons. The summed E-state index contributed by atoms with van der Waals surface area (Å²) in [5.74, 6) is 4.88. The van der Waals surface area contributed by atoms with Crippen LogP contribution in [-0.4, -0.2) is 42.5 Å². The van der Waals surface area contributed by atoms with Gasteiger partial charge in [0.2, 0.25) is 11.8 Å². The minimum Gasteiger partial charge on any atom is -0.456 e. The third-order valence-corrected chi connectivity index (χ3v) is 5.36. The van der Waals surface area contributed by atoms with Crippen LogP contribution in [0.1, 0.15) is 69.8 Å². The van der Waals surface area contributed by atoms with E-state index in [9.17, 15) is 14.4 Å². The molecule has 2 aromatic rings. The molecule has 0 bridgehead atoms. The van der Waals surface area contributed by atoms with Gasteiger partial charge in [0.05, 0.1) is 22.9 Å². The van der Waals surface area contributed by atoms with Gasteiger partial charge in [-0.3, -0.25) is 9.59 Å². The average Bonchev–Trinajstić information content (AvgIpc) is 2.77. The fourth-order valence-corrected chi connectivity index (χ4v) is 3.78. The average molecular weight is 483 g/mol. The van der Waals surface area contributed by atoms with Crippen molar-refractivity contribution in [2.75, 3.05) is 24.1 Å². The first-order valence-corrected chi connectivity index (χ1v) is 11.8. The van der Waals surface area contributed by atoms with Crippen LogP contribution in [0.3, 0.4) is 0 Å². The molecule has 190 valence electrons. The fraction of sp³-hybridized carbons (Fsp3) is 0.444. The molecule has 2 N–H and O–H groups in total. The van der Waals surface area contributed by atoms with E-state index in [1.54, 1.807) is 69.1 Å². The SMILES string of the molecule is CCC(=O)N(c1cccc([C@@H](C(=O)N(N)c2ccc(C(=O)OC(C)(C)C)cc2)C(C)C)c1)N(C)C. The summed E-state index contributed by atoms with van der Waals surface area (Å²) in [7, 11) is 3.60. The number of anilines is 2. The Morgan fingerprint density at radius 3 is 2.06 bits per heavy atom. The third kappa shape index (κ3) is 7.13. The number of carbonyl (C=O) groups is 3. The zero-order valence-electron chi connectivity index (χ0n) is 22.0. The molecule has 35 heavy (non-hydrogen) atoms. The number of hydrogen-bond donors (Lipinski definition) is 1. The maximum absolute atomic E-state index is 13.5. The first-order chi connectivity index (χ1) is 16.3. The molecule has 8 nitrogen and oxygen atoms in total. The van der Waals surface area contributed by atoms with Crippen molar-refractivity contribution in [2.24, 2.45) is 11.8 Å². The molecule has 0 aliphatic rings. The zero-order valence-corrected chi connectivity index (χ0v) is 22.0. The molecule has 0 aliphatic heterocycles. The lowest BCUT2D eigenvalue weighted by Gasteiger charge is -2.30. The molecule has 0 aromatic heterocycles. The molecule has 0 heterocycles. The summed E-state index contributed by atoms with van der Waals surface area (Å²) in [4.78, 5) is 38.3. The van der Waals surface area contributed by atoms with Crippen molar-refractivity contribution < 1.29 is 19.1 Å². The number of carbonyl (C=O) groups excluding carboxylic acids is 3. The molecule has 2 aromatic carbocycles. The van der Waals surface area contributed by atoms with Gasteiger partial charge in [-0.25, -0.2) is 25.7 Å². The zero-order chi connectivity index (χ0) is 26.5. The molecule has 0 saturated heterocycles. The molecule has 1 atom stereocenters. The van der Waals surface area contributed by atoms with Crippen LogP contribution in [0.15, 0.2) is 48.5 Å². The molecular weight excluding hydrogens is 444 g/mol. The highest BCUT2D eigenvalue weighted by Crippen LogP contribution is 2.31. The number of benzene rings is 2. The van der Waals surface area contributed by atoms with Crippen LogP contribution in [0.25, 0.3) is 0 Å². The summed E-state index contributed by atoms with van der Waals surface area (Å²) in [6.07, 6.45) is 0.352. The third-order valence-electron chi connectivity index (χ3n) is 5.36. The highest BCUT2D eigenvalue weighted by atomic mass is 16.6. The van der Waals surface area contributed by atoms with E-state index < -0.39 is 17.5 Å². The van der Waals surface area contributed by atoms with Crippen LogP contribution in [0.5, 0.6) is 0 Å². The number of hydrazine groups is 2. The largest absolute Gasteiger partial charge is 0.456 e. The van der Waals surface area contributed by atoms with E-state index in [0.29, 0.717) is 23.4 Å². The Labute approximate surface area is 208 Å². The standard InChI is InChI=1S/C27H38N4O4/c1-9-23(32)31(29(7)8)22-12-10-11-20(17-22)24(18(2)3)25(33)30(28)21-15-13-19(14-16-21)26(34)35-27(4,5)6/h10-18,24H,9,28H2,1-8H3/t24-/m0/s1. The van der Waals surface area contributed by atoms with Crippen LogP contribution < -0.4 is 15.9 Å². The predicted octanol–water partition coefficient (Wildman–Crippen LogP) is 4.51. The second-order valence-corrected chi connectivity index (χ2v) is 9.98. The van der Waals surface area contributed by atoms with Crippen molar-refractivity contribution in [3.63, 3.8) is 0 Å². The minimum absolute atomic E-state index is 0.0508. The van der Waals surface area contributed by atoms with Gasteiger partial charge in [-0.2, -0.15) is 0 Å². The van der Waals surface area contributed by atoms with Gasteiger partial charge in [0.1, 0.15) is 5.60 Å². The van der Waals surface area contributed by atoms with Crippen LogP contribution in [0.4, 0.5) is 11.4 Å². The number of nitrogens with zero attached hydrogens (tertiary/aromatic N) is 3. The number of nitrogens with two attached hydrogens (primary N) is 1. The van der Waals surface area contributed by atoms with Crippen LogP contribution in [0.2, 0.25) is 0 Å². The number of ether oxygens (including phenoxy) is 1. The Morgan fingerprint density at radius 1 is 0.971 bits per heavy atom. The number of rotatable bonds is 8. The molecule has 0 aliphatic carbocycles. The topological polar surface area (TPSA) is 96.2 Å². The maximum atomic E-state index is 13.5. The van der Waals surface area contributed by atoms with Crippen LogP contribution in [0, 0.1) is 5.92 Å². The number of amides is 2. The normalized spacial score (nSPS) is 12.4. The van der Waals surface area contributed by atoms with E-state index in [4.69, 9.17) is 10.6 Å². The second-order valence-electron chi connectivity index (χ2n) is 9.98. The summed E-state index contributed by atoms with van der Waals surface area (Å²) in [6, 6.07) is 13.8. The molecule has 0 spiro atoms. The van der Waals surface area contributed by atoms with Gasteiger partial charge in [-0.15, -0.1) is 0 Å². The summed E-state index contributed by atoms with van der Waals surface area (Å²) in [6.45, 7) is 11.1. The van der Waals surface area contributed by atoms with Gasteiger partial charge in [0.15, 0.2) is 0 Å². The van der Waals surface area contributed by atoms with Crippen LogP contribution >= 0.6 is 0 Å². The van der Waals surface area contributed by atoms with E-state index in [2.05, 4.69) is 0 Å². The summed E-state index contributed by atoms with van der Waals surface area (Å²) in [5.41, 5.74) is 1.68. The van der Waals surface area contributed by atoms with Gasteiger partial charge < -0.3 is 4.74 Å². The highest BCUT2D eigenvalue weighted by Gasteiger charge is 2.30. The Balaban J connectivity index is 2.33. The monoisotopic (exact) mass is 482 g/mol. The Kier molecular flexibility index (Phi) is 9.18. The highest BCUT2D eigenvalue weighted by molar-refractivity contribution is 5.98. The maximum Gasteiger partial charge on any atom is 0.338 e. The Hall–Kier alpha value is -3.23. The van der Waals surface area contributed by atoms with Gasteiger partial charge in [0, 0.05) is 20.5 Å². The van der Waals surface area contributed by atoms with Crippen LogP contribution in [-0.2, 0) is 14.3 Å². The smallest absolute Gasteiger partial charge is 0.338 e. The Bertz CT molecular complexity index is 1040. The van der Waals surface area contributed by atoms with Crippen molar-refractivity contribution in [1.82, 2.24) is 5.01 Å². The molecule has 2 amide bonds. The van der Waals surface area contributed by atoms with Gasteiger partial charge >= 0.3 is 5.97 Å². The van der Waals surface area contributed by atoms with Crippen molar-refractivity contribution in [3.05, 3.63) is 59.7 Å². The number of esters is 1. The van der Waals surface area contributed by atoms with E-state index in [0.717, 1.165) is 10.6 Å². The lowest BCUT2D eigenvalue weighted by Crippen LogP contribution is -2.43. The molecular formula is C27H38N4O4. The van der Waals surface area contributed by atoms with Crippen molar-refractivity contribution in [1.29, 1.82) is 0 Å². The predicted molar refractivity (Wildman–Crippen MR) is 139 cm³/mol. The van der Waals surface area contributed by atoms with E-state index >= 15 is 0 Å². The van der Waals surface area contributed by atoms with Gasteiger partial charge in [0.25, 0.3) is 0 Å². The van der Waals surface area contributed by atoms with Crippen molar-refractivity contribution in [2.45, 2.75) is 59.5 Å². The fourth-order valence-electron chi connectivity index (χ4n) is 3.78. The molecule has 0 unspecified atom stereocenters. The lowest BCUT2D eigenvalue weighted by atomic mass is 9.87. The van der Waals surface area contributed by atoms with E-state index in [-0.39, 0.29) is 17.7 Å².